The third-order valence-corrected chi connectivity index (χ3v) is 9.77. The highest BCUT2D eigenvalue weighted by atomic mass is 15.0. The van der Waals surface area contributed by atoms with E-state index in [0.29, 0.717) is 0 Å². The third kappa shape index (κ3) is 4.04. The fraction of sp³-hybridized carbons (Fsp3) is 0. The molecule has 0 amide bonds. The van der Waals surface area contributed by atoms with Crippen molar-refractivity contribution >= 4 is 49.3 Å². The van der Waals surface area contributed by atoms with Crippen LogP contribution in [-0.2, 0) is 0 Å². The second-order valence-electron chi connectivity index (χ2n) is 12.4. The van der Waals surface area contributed by atoms with Crippen LogP contribution in [0.2, 0.25) is 0 Å². The third-order valence-electron chi connectivity index (χ3n) is 9.77. The Hall–Kier alpha value is -6.45. The molecule has 3 nitrogen and oxygen atoms in total. The molecule has 3 heterocycles. The molecule has 0 bridgehead atoms. The highest BCUT2D eigenvalue weighted by molar-refractivity contribution is 6.10. The molecule has 0 unspecified atom stereocenters. The minimum atomic E-state index is 0.993. The van der Waals surface area contributed by atoms with Crippen molar-refractivity contribution in [3.05, 3.63) is 176 Å². The van der Waals surface area contributed by atoms with Crippen LogP contribution < -0.4 is 0 Å². The number of nitrogens with zero attached hydrogens (tertiary/aromatic N) is 3. The van der Waals surface area contributed by atoms with Crippen LogP contribution >= 0.6 is 0 Å². The fourth-order valence-corrected chi connectivity index (χ4v) is 7.55. The molecular weight excluding hydrogens is 583 g/mol. The number of hydrogen-bond acceptors (Lipinski definition) is 1. The number of para-hydroxylation sites is 5. The Kier molecular flexibility index (Phi) is 5.87. The Balaban J connectivity index is 1.01. The zero-order valence-electron chi connectivity index (χ0n) is 26.1. The van der Waals surface area contributed by atoms with E-state index < -0.39 is 0 Å². The number of aromatic nitrogens is 3. The van der Waals surface area contributed by atoms with Gasteiger partial charge in [-0.3, -0.25) is 4.98 Å². The summed E-state index contributed by atoms with van der Waals surface area (Å²) in [5, 5.41) is 3.79. The highest BCUT2D eigenvalue weighted by Crippen LogP contribution is 2.39. The number of rotatable bonds is 4. The van der Waals surface area contributed by atoms with Crippen LogP contribution in [0, 0.1) is 0 Å². The van der Waals surface area contributed by atoms with Crippen LogP contribution in [0.15, 0.2) is 176 Å². The quantitative estimate of drug-likeness (QED) is 0.194. The van der Waals surface area contributed by atoms with Gasteiger partial charge in [-0.25, -0.2) is 0 Å². The average Bonchev–Trinajstić information content (AvgIpc) is 3.68. The maximum absolute atomic E-state index is 4.83. The zero-order valence-corrected chi connectivity index (χ0v) is 26.1. The molecule has 10 aromatic rings. The van der Waals surface area contributed by atoms with Crippen LogP contribution in [0.1, 0.15) is 0 Å². The molecule has 0 aliphatic heterocycles. The van der Waals surface area contributed by atoms with Crippen LogP contribution in [0.4, 0.5) is 0 Å². The van der Waals surface area contributed by atoms with Crippen molar-refractivity contribution in [2.75, 3.05) is 0 Å². The molecule has 0 fully saturated rings. The summed E-state index contributed by atoms with van der Waals surface area (Å²) < 4.78 is 4.71. The fourth-order valence-electron chi connectivity index (χ4n) is 7.55. The van der Waals surface area contributed by atoms with E-state index in [1.54, 1.807) is 0 Å². The molecule has 0 spiro atoms. The zero-order chi connectivity index (χ0) is 31.6. The minimum absolute atomic E-state index is 0.993. The maximum Gasteiger partial charge on any atom is 0.0871 e. The number of fused-ring (bicyclic) bond motifs is 8. The lowest BCUT2D eigenvalue weighted by molar-refractivity contribution is 1.18. The van der Waals surface area contributed by atoms with Gasteiger partial charge in [0.1, 0.15) is 0 Å². The smallest absolute Gasteiger partial charge is 0.0871 e. The molecule has 0 saturated heterocycles. The van der Waals surface area contributed by atoms with Crippen LogP contribution in [-0.4, -0.2) is 14.0 Å². The summed E-state index contributed by atoms with van der Waals surface area (Å²) >= 11 is 0. The van der Waals surface area contributed by atoms with Crippen molar-refractivity contribution in [1.82, 2.24) is 14.0 Å². The Morgan fingerprint density at radius 1 is 0.354 bits per heavy atom. The second kappa shape index (κ2) is 10.5. The Morgan fingerprint density at radius 2 is 0.875 bits per heavy atom. The van der Waals surface area contributed by atoms with Crippen LogP contribution in [0.3, 0.4) is 0 Å². The number of benzene rings is 7. The summed E-state index contributed by atoms with van der Waals surface area (Å²) in [4.78, 5) is 4.83. The van der Waals surface area contributed by atoms with E-state index in [1.165, 1.54) is 71.8 Å². The largest absolute Gasteiger partial charge is 0.309 e. The maximum atomic E-state index is 4.83. The van der Waals surface area contributed by atoms with Crippen molar-refractivity contribution < 1.29 is 0 Å². The minimum Gasteiger partial charge on any atom is -0.309 e. The van der Waals surface area contributed by atoms with Gasteiger partial charge in [-0.15, -0.1) is 0 Å². The van der Waals surface area contributed by atoms with Gasteiger partial charge in [0.05, 0.1) is 39.3 Å². The molecule has 7 aromatic carbocycles. The predicted octanol–water partition coefficient (Wildman–Crippen LogP) is 11.7. The monoisotopic (exact) mass is 611 g/mol. The van der Waals surface area contributed by atoms with Gasteiger partial charge in [0.15, 0.2) is 0 Å². The summed E-state index contributed by atoms with van der Waals surface area (Å²) in [5.74, 6) is 0. The Morgan fingerprint density at radius 3 is 1.56 bits per heavy atom. The van der Waals surface area contributed by atoms with E-state index in [9.17, 15) is 0 Å². The van der Waals surface area contributed by atoms with Gasteiger partial charge in [-0.2, -0.15) is 0 Å². The first-order chi connectivity index (χ1) is 23.8. The first-order valence-electron chi connectivity index (χ1n) is 16.4. The molecule has 10 rings (SSSR count). The van der Waals surface area contributed by atoms with E-state index in [4.69, 9.17) is 4.98 Å². The summed E-state index contributed by atoms with van der Waals surface area (Å²) in [6.45, 7) is 0. The van der Waals surface area contributed by atoms with Gasteiger partial charge >= 0.3 is 0 Å². The highest BCUT2D eigenvalue weighted by Gasteiger charge is 2.17. The van der Waals surface area contributed by atoms with Crippen LogP contribution in [0.25, 0.3) is 88.3 Å². The normalized spacial score (nSPS) is 11.8. The summed E-state index contributed by atoms with van der Waals surface area (Å²) in [5.41, 5.74) is 15.2. The molecule has 3 aromatic heterocycles. The molecular formula is C45H29N3. The number of hydrogen-bond donors (Lipinski definition) is 0. The van der Waals surface area contributed by atoms with Gasteiger partial charge in [0, 0.05) is 27.4 Å². The Bertz CT molecular complexity index is 2760. The Labute approximate surface area is 277 Å². The lowest BCUT2D eigenvalue weighted by Gasteiger charge is -2.10. The second-order valence-corrected chi connectivity index (χ2v) is 12.4. The lowest BCUT2D eigenvalue weighted by Crippen LogP contribution is -1.93. The van der Waals surface area contributed by atoms with Crippen molar-refractivity contribution in [2.45, 2.75) is 0 Å². The summed E-state index contributed by atoms with van der Waals surface area (Å²) in [6, 6.07) is 61.1. The van der Waals surface area contributed by atoms with E-state index in [1.807, 2.05) is 12.3 Å². The molecule has 224 valence electrons. The van der Waals surface area contributed by atoms with Crippen LogP contribution in [0.5, 0.6) is 0 Å². The molecule has 0 aliphatic rings. The van der Waals surface area contributed by atoms with Crippen molar-refractivity contribution in [1.29, 1.82) is 0 Å². The van der Waals surface area contributed by atoms with Gasteiger partial charge in [0.2, 0.25) is 0 Å². The van der Waals surface area contributed by atoms with E-state index >= 15 is 0 Å². The van der Waals surface area contributed by atoms with E-state index in [-0.39, 0.29) is 0 Å². The summed E-state index contributed by atoms with van der Waals surface area (Å²) in [7, 11) is 0. The SMILES string of the molecule is c1cc(-c2ccc(-c3ccc(-n4c5ccccc5c5ccccc54)cc3)cc2)cc(-c2c3ccccc3n3c2cnc2ccccc23)c1. The van der Waals surface area contributed by atoms with Gasteiger partial charge in [-0.05, 0) is 76.3 Å². The average molecular weight is 612 g/mol. The molecule has 48 heavy (non-hydrogen) atoms. The first kappa shape index (κ1) is 26.7. The molecule has 0 aliphatic carbocycles. The molecule has 0 saturated carbocycles. The van der Waals surface area contributed by atoms with Crippen molar-refractivity contribution in [2.24, 2.45) is 0 Å². The van der Waals surface area contributed by atoms with E-state index in [2.05, 4.69) is 173 Å². The molecule has 3 heteroatoms. The van der Waals surface area contributed by atoms with E-state index in [0.717, 1.165) is 16.6 Å². The molecule has 0 radical (unpaired) electrons. The topological polar surface area (TPSA) is 22.2 Å². The first-order valence-corrected chi connectivity index (χ1v) is 16.4. The van der Waals surface area contributed by atoms with Crippen molar-refractivity contribution in [3.63, 3.8) is 0 Å². The standard InChI is InChI=1S/C45H29N3/c1-5-16-40-36(12-1)37-13-2-6-17-41(37)47(40)35-26-24-31(25-27-35)30-20-22-32(23-21-30)33-10-9-11-34(28-33)45-38-14-3-7-18-42(38)48-43-19-8-4-15-39(43)46-29-44(45)48/h1-29H. The molecule has 0 atom stereocenters. The summed E-state index contributed by atoms with van der Waals surface area (Å²) in [6.07, 6.45) is 2.02. The van der Waals surface area contributed by atoms with Crippen molar-refractivity contribution in [3.8, 4) is 39.1 Å². The molecule has 0 N–H and O–H groups in total. The van der Waals surface area contributed by atoms with Gasteiger partial charge < -0.3 is 8.97 Å². The van der Waals surface area contributed by atoms with Gasteiger partial charge in [0.25, 0.3) is 0 Å². The van der Waals surface area contributed by atoms with Gasteiger partial charge in [-0.1, -0.05) is 121 Å². The predicted molar refractivity (Wildman–Crippen MR) is 201 cm³/mol. The lowest BCUT2D eigenvalue weighted by atomic mass is 9.96.